The van der Waals surface area contributed by atoms with Crippen molar-refractivity contribution < 1.29 is 4.79 Å². The Morgan fingerprint density at radius 1 is 1.00 bits per heavy atom. The lowest BCUT2D eigenvalue weighted by Crippen LogP contribution is -2.43. The summed E-state index contributed by atoms with van der Waals surface area (Å²) in [6.07, 6.45) is 1.86. The average molecular weight is 377 g/mol. The maximum absolute atomic E-state index is 13.2. The summed E-state index contributed by atoms with van der Waals surface area (Å²) in [5.41, 5.74) is 0.875. The summed E-state index contributed by atoms with van der Waals surface area (Å²) in [4.78, 5) is 40.5. The molecule has 4 rings (SSSR count). The van der Waals surface area contributed by atoms with Crippen molar-refractivity contribution in [2.24, 2.45) is 0 Å². The maximum Gasteiger partial charge on any atom is 0.331 e. The van der Waals surface area contributed by atoms with Gasteiger partial charge in [0.25, 0.3) is 5.56 Å². The van der Waals surface area contributed by atoms with Gasteiger partial charge in [0.1, 0.15) is 6.54 Å². The fourth-order valence-corrected chi connectivity index (χ4v) is 4.12. The van der Waals surface area contributed by atoms with Gasteiger partial charge in [-0.2, -0.15) is 0 Å². The molecule has 0 saturated carbocycles. The standard InChI is InChI=1S/C22H23N3O3/c1-2-23-21(27)17-11-6-7-12-19(17)25(22(23)28)15-20(26)24-14-8-13-18(24)16-9-4-3-5-10-16/h3-7,9-12,18H,2,8,13-15H2,1H3. The van der Waals surface area contributed by atoms with E-state index in [4.69, 9.17) is 0 Å². The zero-order valence-electron chi connectivity index (χ0n) is 15.9. The second-order valence-electron chi connectivity index (χ2n) is 7.09. The normalized spacial score (nSPS) is 16.6. The van der Waals surface area contributed by atoms with E-state index in [9.17, 15) is 14.4 Å². The van der Waals surface area contributed by atoms with Gasteiger partial charge in [0, 0.05) is 13.1 Å². The third-order valence-corrected chi connectivity index (χ3v) is 5.50. The number of nitrogens with zero attached hydrogens (tertiary/aromatic N) is 3. The Hall–Kier alpha value is -3.15. The molecule has 6 nitrogen and oxygen atoms in total. The van der Waals surface area contributed by atoms with Gasteiger partial charge in [0.05, 0.1) is 16.9 Å². The van der Waals surface area contributed by atoms with Crippen LogP contribution >= 0.6 is 0 Å². The molecule has 1 unspecified atom stereocenters. The molecule has 2 heterocycles. The van der Waals surface area contributed by atoms with Crippen molar-refractivity contribution in [1.29, 1.82) is 0 Å². The van der Waals surface area contributed by atoms with Crippen molar-refractivity contribution in [2.75, 3.05) is 6.54 Å². The molecule has 1 atom stereocenters. The van der Waals surface area contributed by atoms with Crippen LogP contribution in [0.2, 0.25) is 0 Å². The summed E-state index contributed by atoms with van der Waals surface area (Å²) in [5.74, 6) is -0.0973. The zero-order chi connectivity index (χ0) is 19.7. The van der Waals surface area contributed by atoms with Gasteiger partial charge in [0.2, 0.25) is 5.91 Å². The first kappa shape index (κ1) is 18.2. The van der Waals surface area contributed by atoms with Crippen molar-refractivity contribution >= 4 is 16.8 Å². The minimum absolute atomic E-state index is 0.0350. The van der Waals surface area contributed by atoms with Gasteiger partial charge in [-0.25, -0.2) is 4.79 Å². The molecule has 0 spiro atoms. The van der Waals surface area contributed by atoms with E-state index in [0.29, 0.717) is 17.4 Å². The summed E-state index contributed by atoms with van der Waals surface area (Å²) < 4.78 is 2.62. The van der Waals surface area contributed by atoms with Gasteiger partial charge in [-0.1, -0.05) is 42.5 Å². The predicted octanol–water partition coefficient (Wildman–Crippen LogP) is 2.55. The van der Waals surface area contributed by atoms with E-state index >= 15 is 0 Å². The van der Waals surface area contributed by atoms with Crippen LogP contribution in [-0.2, 0) is 17.9 Å². The number of hydrogen-bond donors (Lipinski definition) is 0. The van der Waals surface area contributed by atoms with Crippen molar-refractivity contribution in [3.05, 3.63) is 81.0 Å². The largest absolute Gasteiger partial charge is 0.334 e. The molecule has 3 aromatic rings. The summed E-state index contributed by atoms with van der Waals surface area (Å²) in [7, 11) is 0. The second-order valence-corrected chi connectivity index (χ2v) is 7.09. The molecule has 0 radical (unpaired) electrons. The van der Waals surface area contributed by atoms with Gasteiger partial charge in [-0.15, -0.1) is 0 Å². The number of aromatic nitrogens is 2. The minimum atomic E-state index is -0.435. The number of rotatable bonds is 4. The molecule has 28 heavy (non-hydrogen) atoms. The number of amides is 1. The molecule has 1 aliphatic rings. The first-order valence-corrected chi connectivity index (χ1v) is 9.68. The van der Waals surface area contributed by atoms with E-state index in [1.807, 2.05) is 35.2 Å². The molecule has 1 aromatic heterocycles. The van der Waals surface area contributed by atoms with Gasteiger partial charge >= 0.3 is 5.69 Å². The third kappa shape index (κ3) is 3.05. The molecule has 1 fully saturated rings. The topological polar surface area (TPSA) is 64.3 Å². The molecule has 144 valence electrons. The predicted molar refractivity (Wildman–Crippen MR) is 108 cm³/mol. The molecule has 0 N–H and O–H groups in total. The summed E-state index contributed by atoms with van der Waals surface area (Å²) in [5, 5.41) is 0.456. The highest BCUT2D eigenvalue weighted by atomic mass is 16.2. The molecule has 6 heteroatoms. The first-order valence-electron chi connectivity index (χ1n) is 9.68. The molecule has 2 aromatic carbocycles. The Kier molecular flexibility index (Phi) is 4.86. The van der Waals surface area contributed by atoms with Crippen LogP contribution < -0.4 is 11.2 Å². The Labute approximate surface area is 162 Å². The minimum Gasteiger partial charge on any atom is -0.334 e. The molecule has 0 bridgehead atoms. The lowest BCUT2D eigenvalue weighted by Gasteiger charge is -2.26. The summed E-state index contributed by atoms with van der Waals surface area (Å²) >= 11 is 0. The van der Waals surface area contributed by atoms with Crippen LogP contribution in [0.25, 0.3) is 10.9 Å². The van der Waals surface area contributed by atoms with E-state index in [0.717, 1.165) is 18.4 Å². The lowest BCUT2D eigenvalue weighted by molar-refractivity contribution is -0.132. The molecular formula is C22H23N3O3. The molecule has 0 aliphatic carbocycles. The van der Waals surface area contributed by atoms with Gasteiger partial charge in [-0.3, -0.25) is 18.7 Å². The number of likely N-dealkylation sites (tertiary alicyclic amines) is 1. The monoisotopic (exact) mass is 377 g/mol. The average Bonchev–Trinajstić information content (AvgIpc) is 3.22. The van der Waals surface area contributed by atoms with Crippen molar-refractivity contribution in [1.82, 2.24) is 14.0 Å². The van der Waals surface area contributed by atoms with Gasteiger partial charge in [0.15, 0.2) is 0 Å². The zero-order valence-corrected chi connectivity index (χ0v) is 15.9. The smallest absolute Gasteiger partial charge is 0.331 e. The van der Waals surface area contributed by atoms with Crippen LogP contribution in [0.3, 0.4) is 0 Å². The molecule has 1 saturated heterocycles. The second kappa shape index (κ2) is 7.46. The van der Waals surface area contributed by atoms with E-state index < -0.39 is 5.69 Å². The van der Waals surface area contributed by atoms with Gasteiger partial charge < -0.3 is 4.90 Å². The quantitative estimate of drug-likeness (QED) is 0.702. The van der Waals surface area contributed by atoms with Crippen molar-refractivity contribution in [3.63, 3.8) is 0 Å². The molecule has 1 aliphatic heterocycles. The lowest BCUT2D eigenvalue weighted by atomic mass is 10.0. The number of benzene rings is 2. The Balaban J connectivity index is 1.73. The molecule has 1 amide bonds. The van der Waals surface area contributed by atoms with Crippen molar-refractivity contribution in [2.45, 2.75) is 38.9 Å². The highest BCUT2D eigenvalue weighted by Crippen LogP contribution is 2.31. The Morgan fingerprint density at radius 2 is 1.71 bits per heavy atom. The van der Waals surface area contributed by atoms with E-state index in [1.54, 1.807) is 31.2 Å². The fraction of sp³-hybridized carbons (Fsp3) is 0.318. The molecular weight excluding hydrogens is 354 g/mol. The van der Waals surface area contributed by atoms with E-state index in [1.165, 1.54) is 9.13 Å². The highest BCUT2D eigenvalue weighted by molar-refractivity contribution is 5.82. The number of fused-ring (bicyclic) bond motifs is 1. The maximum atomic E-state index is 13.2. The van der Waals surface area contributed by atoms with Crippen LogP contribution in [0, 0.1) is 0 Å². The van der Waals surface area contributed by atoms with Crippen LogP contribution in [0.15, 0.2) is 64.2 Å². The van der Waals surface area contributed by atoms with Crippen LogP contribution in [0.5, 0.6) is 0 Å². The fourth-order valence-electron chi connectivity index (χ4n) is 4.12. The number of para-hydroxylation sites is 1. The summed E-state index contributed by atoms with van der Waals surface area (Å²) in [6.45, 7) is 2.64. The van der Waals surface area contributed by atoms with Gasteiger partial charge in [-0.05, 0) is 37.5 Å². The summed E-state index contributed by atoms with van der Waals surface area (Å²) in [6, 6.07) is 17.0. The van der Waals surface area contributed by atoms with E-state index in [-0.39, 0.29) is 30.6 Å². The number of hydrogen-bond acceptors (Lipinski definition) is 3. The highest BCUT2D eigenvalue weighted by Gasteiger charge is 2.30. The third-order valence-electron chi connectivity index (χ3n) is 5.50. The Morgan fingerprint density at radius 3 is 2.46 bits per heavy atom. The van der Waals surface area contributed by atoms with Crippen molar-refractivity contribution in [3.8, 4) is 0 Å². The Bertz CT molecular complexity index is 1130. The van der Waals surface area contributed by atoms with E-state index in [2.05, 4.69) is 0 Å². The first-order chi connectivity index (χ1) is 13.6. The number of carbonyl (C=O) groups is 1. The van der Waals surface area contributed by atoms with Crippen LogP contribution in [-0.4, -0.2) is 26.5 Å². The SMILES string of the molecule is CCn1c(=O)c2ccccc2n(CC(=O)N2CCCC2c2ccccc2)c1=O. The van der Waals surface area contributed by atoms with Crippen LogP contribution in [0.1, 0.15) is 31.4 Å². The van der Waals surface area contributed by atoms with Crippen LogP contribution in [0.4, 0.5) is 0 Å². The number of carbonyl (C=O) groups excluding carboxylic acids is 1.